The van der Waals surface area contributed by atoms with Gasteiger partial charge >= 0.3 is 0 Å². The summed E-state index contributed by atoms with van der Waals surface area (Å²) in [6, 6.07) is 9.53. The lowest BCUT2D eigenvalue weighted by Crippen LogP contribution is -1.94. The number of nitro groups is 1. The molecule has 0 N–H and O–H groups in total. The topological polar surface area (TPSA) is 83.2 Å². The highest BCUT2D eigenvalue weighted by atomic mass is 16.6. The molecule has 7 nitrogen and oxygen atoms in total. The first-order chi connectivity index (χ1) is 11.1. The van der Waals surface area contributed by atoms with Crippen LogP contribution in [0.5, 0.6) is 17.2 Å². The van der Waals surface area contributed by atoms with Crippen molar-refractivity contribution in [2.75, 3.05) is 21.3 Å². The van der Waals surface area contributed by atoms with E-state index in [1.54, 1.807) is 30.5 Å². The zero-order chi connectivity index (χ0) is 16.8. The number of ether oxygens (including phenoxy) is 3. The first-order valence-corrected chi connectivity index (χ1v) is 6.67. The molecule has 0 unspecified atom stereocenters. The van der Waals surface area contributed by atoms with Gasteiger partial charge in [0.05, 0.1) is 31.9 Å². The smallest absolute Gasteiger partial charge is 0.269 e. The maximum atomic E-state index is 10.6. The molecule has 2 aromatic carbocycles. The van der Waals surface area contributed by atoms with Crippen molar-refractivity contribution >= 4 is 17.6 Å². The molecule has 0 radical (unpaired) electrons. The molecule has 0 heterocycles. The van der Waals surface area contributed by atoms with Gasteiger partial charge in [0.25, 0.3) is 5.69 Å². The van der Waals surface area contributed by atoms with Crippen LogP contribution in [-0.4, -0.2) is 32.5 Å². The van der Waals surface area contributed by atoms with E-state index in [2.05, 4.69) is 4.99 Å². The Bertz CT molecular complexity index is 701. The van der Waals surface area contributed by atoms with Crippen LogP contribution in [-0.2, 0) is 0 Å². The maximum absolute atomic E-state index is 10.6. The van der Waals surface area contributed by atoms with E-state index in [4.69, 9.17) is 14.2 Å². The molecule has 0 amide bonds. The van der Waals surface area contributed by atoms with E-state index in [9.17, 15) is 10.1 Å². The van der Waals surface area contributed by atoms with E-state index in [1.165, 1.54) is 33.5 Å². The summed E-state index contributed by atoms with van der Waals surface area (Å²) in [4.78, 5) is 14.5. The number of hydrogen-bond donors (Lipinski definition) is 0. The van der Waals surface area contributed by atoms with Crippen molar-refractivity contribution in [2.24, 2.45) is 4.99 Å². The molecule has 23 heavy (non-hydrogen) atoms. The summed E-state index contributed by atoms with van der Waals surface area (Å²) < 4.78 is 15.8. The number of rotatable bonds is 6. The summed E-state index contributed by atoms with van der Waals surface area (Å²) in [5.41, 5.74) is 1.39. The molecule has 0 saturated heterocycles. The Labute approximate surface area is 133 Å². The molecule has 0 bridgehead atoms. The molecule has 0 fully saturated rings. The molecular weight excluding hydrogens is 300 g/mol. The van der Waals surface area contributed by atoms with E-state index in [1.807, 2.05) is 0 Å². The van der Waals surface area contributed by atoms with Gasteiger partial charge in [0.2, 0.25) is 5.75 Å². The van der Waals surface area contributed by atoms with Crippen molar-refractivity contribution in [3.63, 3.8) is 0 Å². The number of aliphatic imine (C=N–C) groups is 1. The van der Waals surface area contributed by atoms with E-state index in [0.29, 0.717) is 22.9 Å². The van der Waals surface area contributed by atoms with Crippen LogP contribution >= 0.6 is 0 Å². The van der Waals surface area contributed by atoms with Crippen LogP contribution in [0, 0.1) is 10.1 Å². The summed E-state index contributed by atoms with van der Waals surface area (Å²) in [5, 5.41) is 10.6. The monoisotopic (exact) mass is 316 g/mol. The lowest BCUT2D eigenvalue weighted by molar-refractivity contribution is -0.384. The number of benzene rings is 2. The van der Waals surface area contributed by atoms with Crippen molar-refractivity contribution in [2.45, 2.75) is 0 Å². The highest BCUT2D eigenvalue weighted by molar-refractivity contribution is 5.82. The van der Waals surface area contributed by atoms with Gasteiger partial charge in [-0.05, 0) is 17.7 Å². The summed E-state index contributed by atoms with van der Waals surface area (Å²) in [5.74, 6) is 1.50. The van der Waals surface area contributed by atoms with Crippen LogP contribution in [0.4, 0.5) is 11.4 Å². The van der Waals surface area contributed by atoms with Gasteiger partial charge < -0.3 is 14.2 Å². The van der Waals surface area contributed by atoms with Gasteiger partial charge in [-0.15, -0.1) is 0 Å². The average Bonchev–Trinajstić information content (AvgIpc) is 2.59. The largest absolute Gasteiger partial charge is 0.493 e. The molecule has 0 aliphatic heterocycles. The fraction of sp³-hybridized carbons (Fsp3) is 0.188. The van der Waals surface area contributed by atoms with Gasteiger partial charge in [-0.25, -0.2) is 0 Å². The Morgan fingerprint density at radius 1 is 1.00 bits per heavy atom. The van der Waals surface area contributed by atoms with Crippen LogP contribution in [0.25, 0.3) is 0 Å². The summed E-state index contributed by atoms with van der Waals surface area (Å²) in [6.07, 6.45) is 1.60. The van der Waals surface area contributed by atoms with Crippen LogP contribution in [0.15, 0.2) is 41.4 Å². The molecular formula is C16H16N2O5. The lowest BCUT2D eigenvalue weighted by atomic mass is 10.2. The van der Waals surface area contributed by atoms with E-state index in [0.717, 1.165) is 5.56 Å². The second-order valence-electron chi connectivity index (χ2n) is 4.49. The van der Waals surface area contributed by atoms with Gasteiger partial charge in [-0.1, -0.05) is 0 Å². The minimum atomic E-state index is -0.444. The lowest BCUT2D eigenvalue weighted by Gasteiger charge is -2.12. The fourth-order valence-electron chi connectivity index (χ4n) is 1.97. The van der Waals surface area contributed by atoms with Crippen LogP contribution in [0.2, 0.25) is 0 Å². The molecule has 0 aliphatic rings. The number of hydrogen-bond acceptors (Lipinski definition) is 6. The Morgan fingerprint density at radius 3 is 2.00 bits per heavy atom. The molecule has 2 aromatic rings. The van der Waals surface area contributed by atoms with Gasteiger partial charge in [0.15, 0.2) is 11.5 Å². The Morgan fingerprint density at radius 2 is 1.57 bits per heavy atom. The third-order valence-corrected chi connectivity index (χ3v) is 3.12. The molecule has 7 heteroatoms. The summed E-state index contributed by atoms with van der Waals surface area (Å²) in [7, 11) is 4.59. The highest BCUT2D eigenvalue weighted by Gasteiger charge is 2.12. The second-order valence-corrected chi connectivity index (χ2v) is 4.49. The van der Waals surface area contributed by atoms with E-state index < -0.39 is 4.92 Å². The van der Waals surface area contributed by atoms with Gasteiger partial charge in [-0.3, -0.25) is 15.1 Å². The summed E-state index contributed by atoms with van der Waals surface area (Å²) >= 11 is 0. The molecule has 0 spiro atoms. The molecule has 120 valence electrons. The predicted molar refractivity (Wildman–Crippen MR) is 86.4 cm³/mol. The van der Waals surface area contributed by atoms with Gasteiger partial charge in [0, 0.05) is 30.5 Å². The van der Waals surface area contributed by atoms with E-state index >= 15 is 0 Å². The van der Waals surface area contributed by atoms with Crippen molar-refractivity contribution < 1.29 is 19.1 Å². The standard InChI is InChI=1S/C16H16N2O5/c1-21-14-8-12(9-15(22-2)16(14)23-3)17-10-11-4-6-13(7-5-11)18(19)20/h4-10H,1-3H3. The number of methoxy groups -OCH3 is 3. The van der Waals surface area contributed by atoms with Crippen LogP contribution < -0.4 is 14.2 Å². The third kappa shape index (κ3) is 3.76. The van der Waals surface area contributed by atoms with Crippen LogP contribution in [0.1, 0.15) is 5.56 Å². The van der Waals surface area contributed by atoms with Crippen molar-refractivity contribution in [1.82, 2.24) is 0 Å². The van der Waals surface area contributed by atoms with Crippen molar-refractivity contribution in [3.05, 3.63) is 52.1 Å². The number of nitrogens with zero attached hydrogens (tertiary/aromatic N) is 2. The highest BCUT2D eigenvalue weighted by Crippen LogP contribution is 2.40. The Balaban J connectivity index is 2.30. The third-order valence-electron chi connectivity index (χ3n) is 3.12. The average molecular weight is 316 g/mol. The fourth-order valence-corrected chi connectivity index (χ4v) is 1.97. The Hall–Kier alpha value is -3.09. The zero-order valence-electron chi connectivity index (χ0n) is 13.0. The first-order valence-electron chi connectivity index (χ1n) is 6.67. The second kappa shape index (κ2) is 7.26. The van der Waals surface area contributed by atoms with Gasteiger partial charge in [0.1, 0.15) is 0 Å². The molecule has 2 rings (SSSR count). The molecule has 0 saturated carbocycles. The Kier molecular flexibility index (Phi) is 5.14. The molecule has 0 aliphatic carbocycles. The van der Waals surface area contributed by atoms with Crippen molar-refractivity contribution in [1.29, 1.82) is 0 Å². The van der Waals surface area contributed by atoms with Gasteiger partial charge in [-0.2, -0.15) is 0 Å². The zero-order valence-corrected chi connectivity index (χ0v) is 13.0. The minimum absolute atomic E-state index is 0.0370. The summed E-state index contributed by atoms with van der Waals surface area (Å²) in [6.45, 7) is 0. The predicted octanol–water partition coefficient (Wildman–Crippen LogP) is 3.37. The van der Waals surface area contributed by atoms with Crippen LogP contribution in [0.3, 0.4) is 0 Å². The van der Waals surface area contributed by atoms with E-state index in [-0.39, 0.29) is 5.69 Å². The quantitative estimate of drug-likeness (QED) is 0.463. The maximum Gasteiger partial charge on any atom is 0.269 e. The number of nitro benzene ring substituents is 1. The SMILES string of the molecule is COc1cc(N=Cc2ccc([N+](=O)[O-])cc2)cc(OC)c1OC. The van der Waals surface area contributed by atoms with Crippen molar-refractivity contribution in [3.8, 4) is 17.2 Å². The number of non-ortho nitro benzene ring substituents is 1. The normalized spacial score (nSPS) is 10.6. The molecule has 0 atom stereocenters. The first kappa shape index (κ1) is 16.3. The molecule has 0 aromatic heterocycles. The minimum Gasteiger partial charge on any atom is -0.493 e.